The van der Waals surface area contributed by atoms with Gasteiger partial charge in [0.15, 0.2) is 0 Å². The van der Waals surface area contributed by atoms with Gasteiger partial charge in [0.25, 0.3) is 0 Å². The van der Waals surface area contributed by atoms with Crippen LogP contribution >= 0.6 is 0 Å². The fraction of sp³-hybridized carbons (Fsp3) is 0.174. The number of para-hydroxylation sites is 2. The topological polar surface area (TPSA) is 38.8 Å². The van der Waals surface area contributed by atoms with Crippen LogP contribution in [0.25, 0.3) is 0 Å². The Hall–Kier alpha value is -3.27. The Bertz CT molecular complexity index is 850. The minimum Gasteiger partial charge on any atom is -0.432 e. The maximum atomic E-state index is 12.1. The highest BCUT2D eigenvalue weighted by atomic mass is 16.7. The Labute approximate surface area is 160 Å². The first kappa shape index (κ1) is 18.5. The summed E-state index contributed by atoms with van der Waals surface area (Å²) in [5, 5.41) is 0. The molecule has 0 aliphatic rings. The fourth-order valence-electron chi connectivity index (χ4n) is 2.76. The van der Waals surface area contributed by atoms with Crippen LogP contribution in [0.4, 0.5) is 10.5 Å². The van der Waals surface area contributed by atoms with Crippen molar-refractivity contribution in [1.82, 2.24) is 0 Å². The summed E-state index contributed by atoms with van der Waals surface area (Å²) < 4.78 is 10.7. The molecule has 0 N–H and O–H groups in total. The summed E-state index contributed by atoms with van der Waals surface area (Å²) in [6.45, 7) is 0.843. The van der Waals surface area contributed by atoms with Crippen molar-refractivity contribution in [2.45, 2.75) is 6.42 Å². The van der Waals surface area contributed by atoms with Gasteiger partial charge in [0.2, 0.25) is 0 Å². The molecule has 138 valence electrons. The second kappa shape index (κ2) is 9.43. The molecule has 3 aromatic carbocycles. The van der Waals surface area contributed by atoms with E-state index in [1.807, 2.05) is 78.7 Å². The molecule has 0 saturated heterocycles. The van der Waals surface area contributed by atoms with E-state index in [0.717, 1.165) is 16.8 Å². The minimum atomic E-state index is -0.683. The molecule has 0 fully saturated rings. The van der Waals surface area contributed by atoms with Gasteiger partial charge < -0.3 is 14.4 Å². The third-order valence-electron chi connectivity index (χ3n) is 4.25. The lowest BCUT2D eigenvalue weighted by Gasteiger charge is -2.18. The molecule has 0 aliphatic heterocycles. The number of ether oxygens (including phenoxy) is 2. The summed E-state index contributed by atoms with van der Waals surface area (Å²) in [4.78, 5) is 14.1. The molecule has 4 nitrogen and oxygen atoms in total. The van der Waals surface area contributed by atoms with Crippen molar-refractivity contribution >= 4 is 11.8 Å². The van der Waals surface area contributed by atoms with Gasteiger partial charge in [-0.2, -0.15) is 0 Å². The van der Waals surface area contributed by atoms with Crippen LogP contribution in [0.15, 0.2) is 84.9 Å². The van der Waals surface area contributed by atoms with Crippen molar-refractivity contribution in [1.29, 1.82) is 0 Å². The first-order chi connectivity index (χ1) is 13.2. The third kappa shape index (κ3) is 5.61. The predicted octanol–water partition coefficient (Wildman–Crippen LogP) is 4.93. The smallest absolute Gasteiger partial charge is 0.432 e. The molecule has 0 saturated carbocycles. The van der Waals surface area contributed by atoms with E-state index in [2.05, 4.69) is 12.1 Å². The molecule has 0 amide bonds. The summed E-state index contributed by atoms with van der Waals surface area (Å²) in [7, 11) is 1.96. The van der Waals surface area contributed by atoms with E-state index in [-0.39, 0.29) is 6.61 Å². The quantitative estimate of drug-likeness (QED) is 0.442. The van der Waals surface area contributed by atoms with Gasteiger partial charge in [-0.3, -0.25) is 0 Å². The number of benzene rings is 3. The largest absolute Gasteiger partial charge is 0.513 e. The van der Waals surface area contributed by atoms with E-state index in [9.17, 15) is 4.79 Å². The molecule has 3 rings (SSSR count). The lowest BCUT2D eigenvalue weighted by molar-refractivity contribution is 0.101. The number of carbonyl (C=O) groups excluding carboxylic acids is 1. The number of nitrogens with zero attached hydrogens (tertiary/aromatic N) is 1. The molecule has 3 aromatic rings. The van der Waals surface area contributed by atoms with Crippen LogP contribution in [0.3, 0.4) is 0 Å². The molecule has 0 bridgehead atoms. The molecule has 0 radical (unpaired) electrons. The number of hydrogen-bond acceptors (Lipinski definition) is 4. The molecule has 4 heteroatoms. The van der Waals surface area contributed by atoms with Crippen LogP contribution < -0.4 is 9.64 Å². The average molecular weight is 361 g/mol. The zero-order chi connectivity index (χ0) is 18.9. The molecule has 27 heavy (non-hydrogen) atoms. The van der Waals surface area contributed by atoms with E-state index < -0.39 is 6.16 Å². The van der Waals surface area contributed by atoms with Crippen molar-refractivity contribution in [2.24, 2.45) is 0 Å². The highest BCUT2D eigenvalue weighted by Crippen LogP contribution is 2.22. The predicted molar refractivity (Wildman–Crippen MR) is 107 cm³/mol. The monoisotopic (exact) mass is 361 g/mol. The van der Waals surface area contributed by atoms with Crippen molar-refractivity contribution in [3.8, 4) is 5.75 Å². The Balaban J connectivity index is 1.52. The van der Waals surface area contributed by atoms with Gasteiger partial charge in [0.05, 0.1) is 6.54 Å². The zero-order valence-corrected chi connectivity index (χ0v) is 15.4. The molecule has 0 aliphatic carbocycles. The Morgan fingerprint density at radius 3 is 2.22 bits per heavy atom. The van der Waals surface area contributed by atoms with E-state index in [1.54, 1.807) is 6.07 Å². The van der Waals surface area contributed by atoms with Gasteiger partial charge in [-0.25, -0.2) is 4.79 Å². The molecule has 0 atom stereocenters. The van der Waals surface area contributed by atoms with E-state index in [1.165, 1.54) is 0 Å². The first-order valence-electron chi connectivity index (χ1n) is 8.95. The fourth-order valence-corrected chi connectivity index (χ4v) is 2.76. The minimum absolute atomic E-state index is 0.255. The summed E-state index contributed by atoms with van der Waals surface area (Å²) in [6, 6.07) is 27.6. The lowest BCUT2D eigenvalue weighted by atomic mass is 10.0. The Morgan fingerprint density at radius 2 is 1.48 bits per heavy atom. The molecule has 0 heterocycles. The highest BCUT2D eigenvalue weighted by molar-refractivity contribution is 5.64. The summed E-state index contributed by atoms with van der Waals surface area (Å²) >= 11 is 0. The van der Waals surface area contributed by atoms with Crippen LogP contribution in [0, 0.1) is 0 Å². The third-order valence-corrected chi connectivity index (χ3v) is 4.25. The van der Waals surface area contributed by atoms with E-state index in [4.69, 9.17) is 9.47 Å². The van der Waals surface area contributed by atoms with Gasteiger partial charge in [0.1, 0.15) is 12.4 Å². The molecule has 0 spiro atoms. The molecule has 0 aromatic heterocycles. The number of likely N-dealkylation sites (N-methyl/N-ethyl adjacent to an activating group) is 1. The van der Waals surface area contributed by atoms with E-state index >= 15 is 0 Å². The van der Waals surface area contributed by atoms with Crippen molar-refractivity contribution in [3.63, 3.8) is 0 Å². The molecule has 0 unspecified atom stereocenters. The Kier molecular flexibility index (Phi) is 6.47. The average Bonchev–Trinajstić information content (AvgIpc) is 2.71. The molecular formula is C23H23NO3. The second-order valence-corrected chi connectivity index (χ2v) is 6.23. The van der Waals surface area contributed by atoms with Crippen LogP contribution in [-0.2, 0) is 11.2 Å². The zero-order valence-electron chi connectivity index (χ0n) is 15.4. The SMILES string of the molecule is CN(CCOC(=O)Oc1ccccc1Cc1ccccc1)c1ccccc1. The Morgan fingerprint density at radius 1 is 0.852 bits per heavy atom. The summed E-state index contributed by atoms with van der Waals surface area (Å²) in [5.41, 5.74) is 3.18. The van der Waals surface area contributed by atoms with Crippen molar-refractivity contribution in [3.05, 3.63) is 96.1 Å². The summed E-state index contributed by atoms with van der Waals surface area (Å²) in [5.74, 6) is 0.530. The molecular weight excluding hydrogens is 338 g/mol. The van der Waals surface area contributed by atoms with Crippen LogP contribution in [0.5, 0.6) is 5.75 Å². The van der Waals surface area contributed by atoms with Crippen LogP contribution in [-0.4, -0.2) is 26.4 Å². The number of rotatable bonds is 7. The van der Waals surface area contributed by atoms with Crippen LogP contribution in [0.1, 0.15) is 11.1 Å². The van der Waals surface area contributed by atoms with Crippen molar-refractivity contribution in [2.75, 3.05) is 25.1 Å². The number of anilines is 1. The van der Waals surface area contributed by atoms with E-state index in [0.29, 0.717) is 18.7 Å². The number of hydrogen-bond donors (Lipinski definition) is 0. The van der Waals surface area contributed by atoms with Crippen LogP contribution in [0.2, 0.25) is 0 Å². The standard InChI is InChI=1S/C23H23NO3/c1-24(21-13-6-3-7-14-21)16-17-26-23(25)27-22-15-9-8-12-20(22)18-19-10-4-2-5-11-19/h2-15H,16-18H2,1H3. The normalized spacial score (nSPS) is 10.3. The van der Waals surface area contributed by atoms with Gasteiger partial charge >= 0.3 is 6.16 Å². The van der Waals surface area contributed by atoms with Gasteiger partial charge in [-0.15, -0.1) is 0 Å². The van der Waals surface area contributed by atoms with Crippen molar-refractivity contribution < 1.29 is 14.3 Å². The number of carbonyl (C=O) groups is 1. The summed E-state index contributed by atoms with van der Waals surface area (Å²) in [6.07, 6.45) is 0.0121. The van der Waals surface area contributed by atoms with Gasteiger partial charge in [-0.1, -0.05) is 66.7 Å². The first-order valence-corrected chi connectivity index (χ1v) is 8.95. The van der Waals surface area contributed by atoms with Gasteiger partial charge in [0, 0.05) is 19.2 Å². The lowest BCUT2D eigenvalue weighted by Crippen LogP contribution is -2.24. The van der Waals surface area contributed by atoms with Gasteiger partial charge in [-0.05, 0) is 29.3 Å². The second-order valence-electron chi connectivity index (χ2n) is 6.23. The maximum absolute atomic E-state index is 12.1. The maximum Gasteiger partial charge on any atom is 0.513 e. The highest BCUT2D eigenvalue weighted by Gasteiger charge is 2.11.